The van der Waals surface area contributed by atoms with Crippen LogP contribution >= 0.6 is 34.8 Å². The van der Waals surface area contributed by atoms with E-state index >= 15 is 0 Å². The molecule has 0 saturated carbocycles. The van der Waals surface area contributed by atoms with Crippen LogP contribution in [0.3, 0.4) is 0 Å². The molecule has 112 valence electrons. The van der Waals surface area contributed by atoms with Crippen LogP contribution in [0.4, 0.5) is 5.69 Å². The molecule has 0 radical (unpaired) electrons. The summed E-state index contributed by atoms with van der Waals surface area (Å²) in [5.41, 5.74) is 8.11. The van der Waals surface area contributed by atoms with Crippen LogP contribution in [0.15, 0.2) is 24.3 Å². The van der Waals surface area contributed by atoms with Gasteiger partial charge in [-0.05, 0) is 48.2 Å². The van der Waals surface area contributed by atoms with Crippen LogP contribution < -0.4 is 10.5 Å². The zero-order chi connectivity index (χ0) is 15.7. The van der Waals surface area contributed by atoms with Crippen molar-refractivity contribution in [3.8, 4) is 11.5 Å². The number of rotatable bonds is 3. The quantitative estimate of drug-likeness (QED) is 0.649. The van der Waals surface area contributed by atoms with Crippen molar-refractivity contribution in [1.29, 1.82) is 0 Å². The second-order valence-electron chi connectivity index (χ2n) is 5.21. The van der Waals surface area contributed by atoms with Crippen molar-refractivity contribution in [3.63, 3.8) is 0 Å². The van der Waals surface area contributed by atoms with E-state index in [1.807, 2.05) is 19.1 Å². The fourth-order valence-electron chi connectivity index (χ4n) is 2.01. The van der Waals surface area contributed by atoms with Gasteiger partial charge in [-0.1, -0.05) is 48.7 Å². The zero-order valence-corrected chi connectivity index (χ0v) is 14.3. The minimum absolute atomic E-state index is 0.290. The molecule has 21 heavy (non-hydrogen) atoms. The maximum Gasteiger partial charge on any atom is 0.164 e. The van der Waals surface area contributed by atoms with Gasteiger partial charge < -0.3 is 10.5 Å². The van der Waals surface area contributed by atoms with Crippen molar-refractivity contribution < 1.29 is 4.74 Å². The first-order valence-corrected chi connectivity index (χ1v) is 7.65. The maximum absolute atomic E-state index is 6.26. The topological polar surface area (TPSA) is 35.2 Å². The van der Waals surface area contributed by atoms with E-state index in [4.69, 9.17) is 45.3 Å². The third-order valence-corrected chi connectivity index (χ3v) is 4.04. The Morgan fingerprint density at radius 3 is 2.05 bits per heavy atom. The van der Waals surface area contributed by atoms with E-state index in [0.29, 0.717) is 27.2 Å². The standard InChI is InChI=1S/C16H16Cl3NO/c1-8(2)11-7-15(9(3)4-12(11)17)21-16-13(18)5-10(20)6-14(16)19/h4-8H,20H2,1-3H3. The van der Waals surface area contributed by atoms with Crippen molar-refractivity contribution in [2.24, 2.45) is 0 Å². The lowest BCUT2D eigenvalue weighted by atomic mass is 10.0. The Bertz CT molecular complexity index is 660. The Kier molecular flexibility index (Phi) is 4.92. The van der Waals surface area contributed by atoms with Crippen LogP contribution in [0.2, 0.25) is 15.1 Å². The van der Waals surface area contributed by atoms with Crippen molar-refractivity contribution in [2.45, 2.75) is 26.7 Å². The number of hydrogen-bond donors (Lipinski definition) is 1. The molecule has 2 N–H and O–H groups in total. The Morgan fingerprint density at radius 1 is 0.952 bits per heavy atom. The molecule has 0 unspecified atom stereocenters. The lowest BCUT2D eigenvalue weighted by molar-refractivity contribution is 0.478. The van der Waals surface area contributed by atoms with Gasteiger partial charge in [-0.2, -0.15) is 0 Å². The number of anilines is 1. The summed E-state index contributed by atoms with van der Waals surface area (Å²) in [4.78, 5) is 0. The van der Waals surface area contributed by atoms with Gasteiger partial charge in [0, 0.05) is 10.7 Å². The summed E-state index contributed by atoms with van der Waals surface area (Å²) >= 11 is 18.6. The average Bonchev–Trinajstić information content (AvgIpc) is 2.35. The summed E-state index contributed by atoms with van der Waals surface area (Å²) in [5, 5.41) is 1.48. The van der Waals surface area contributed by atoms with Crippen LogP contribution in [-0.2, 0) is 0 Å². The van der Waals surface area contributed by atoms with Crippen molar-refractivity contribution in [2.75, 3.05) is 5.73 Å². The van der Waals surface area contributed by atoms with Gasteiger partial charge in [0.1, 0.15) is 5.75 Å². The third-order valence-electron chi connectivity index (χ3n) is 3.15. The summed E-state index contributed by atoms with van der Waals surface area (Å²) in [5.74, 6) is 1.36. The first-order valence-electron chi connectivity index (χ1n) is 6.52. The predicted octanol–water partition coefficient (Wildman–Crippen LogP) is 6.45. The van der Waals surface area contributed by atoms with Gasteiger partial charge in [-0.25, -0.2) is 0 Å². The summed E-state index contributed by atoms with van der Waals surface area (Å²) in [6, 6.07) is 7.02. The molecule has 0 aliphatic rings. The fourth-order valence-corrected chi connectivity index (χ4v) is 3.03. The van der Waals surface area contributed by atoms with Crippen LogP contribution in [-0.4, -0.2) is 0 Å². The largest absolute Gasteiger partial charge is 0.454 e. The van der Waals surface area contributed by atoms with E-state index in [9.17, 15) is 0 Å². The Balaban J connectivity index is 2.47. The second kappa shape index (κ2) is 6.35. The molecule has 0 atom stereocenters. The van der Waals surface area contributed by atoms with E-state index in [1.165, 1.54) is 0 Å². The molecule has 2 aromatic carbocycles. The van der Waals surface area contributed by atoms with Crippen LogP contribution in [0.1, 0.15) is 30.9 Å². The first kappa shape index (κ1) is 16.3. The van der Waals surface area contributed by atoms with Gasteiger partial charge in [0.05, 0.1) is 10.0 Å². The van der Waals surface area contributed by atoms with Gasteiger partial charge in [-0.3, -0.25) is 0 Å². The highest BCUT2D eigenvalue weighted by molar-refractivity contribution is 6.37. The molecule has 0 heterocycles. The number of nitrogens with two attached hydrogens (primary N) is 1. The molecule has 0 aromatic heterocycles. The van der Waals surface area contributed by atoms with Gasteiger partial charge in [-0.15, -0.1) is 0 Å². The number of nitrogen functional groups attached to an aromatic ring is 1. The van der Waals surface area contributed by atoms with E-state index in [2.05, 4.69) is 13.8 Å². The molecule has 0 fully saturated rings. The Morgan fingerprint density at radius 2 is 1.52 bits per heavy atom. The highest BCUT2D eigenvalue weighted by Gasteiger charge is 2.14. The molecule has 5 heteroatoms. The number of benzene rings is 2. The molecular weight excluding hydrogens is 329 g/mol. The molecule has 2 rings (SSSR count). The number of hydrogen-bond acceptors (Lipinski definition) is 2. The minimum Gasteiger partial charge on any atom is -0.454 e. The predicted molar refractivity (Wildman–Crippen MR) is 91.2 cm³/mol. The minimum atomic E-state index is 0.290. The van der Waals surface area contributed by atoms with Gasteiger partial charge in [0.25, 0.3) is 0 Å². The first-order chi connectivity index (χ1) is 9.79. The number of aryl methyl sites for hydroxylation is 1. The van der Waals surface area contributed by atoms with Crippen LogP contribution in [0, 0.1) is 6.92 Å². The molecule has 0 spiro atoms. The summed E-state index contributed by atoms with van der Waals surface area (Å²) in [6.07, 6.45) is 0. The van der Waals surface area contributed by atoms with E-state index in [1.54, 1.807) is 12.1 Å². The lowest BCUT2D eigenvalue weighted by Crippen LogP contribution is -1.96. The molecule has 0 aliphatic carbocycles. The van der Waals surface area contributed by atoms with E-state index < -0.39 is 0 Å². The number of halogens is 3. The maximum atomic E-state index is 6.26. The SMILES string of the molecule is Cc1cc(Cl)c(C(C)C)cc1Oc1c(Cl)cc(N)cc1Cl. The summed E-state index contributed by atoms with van der Waals surface area (Å²) in [6.45, 7) is 6.07. The normalized spacial score (nSPS) is 11.0. The monoisotopic (exact) mass is 343 g/mol. The van der Waals surface area contributed by atoms with Crippen molar-refractivity contribution in [3.05, 3.63) is 50.5 Å². The van der Waals surface area contributed by atoms with Crippen molar-refractivity contribution >= 4 is 40.5 Å². The average molecular weight is 345 g/mol. The van der Waals surface area contributed by atoms with Gasteiger partial charge in [0.2, 0.25) is 0 Å². The van der Waals surface area contributed by atoms with Crippen molar-refractivity contribution in [1.82, 2.24) is 0 Å². The molecule has 0 saturated heterocycles. The molecule has 0 aliphatic heterocycles. The number of ether oxygens (including phenoxy) is 1. The van der Waals surface area contributed by atoms with Crippen LogP contribution in [0.25, 0.3) is 0 Å². The van der Waals surface area contributed by atoms with Crippen LogP contribution in [0.5, 0.6) is 11.5 Å². The second-order valence-corrected chi connectivity index (χ2v) is 6.43. The molecule has 0 bridgehead atoms. The molecular formula is C16H16Cl3NO. The van der Waals surface area contributed by atoms with Gasteiger partial charge >= 0.3 is 0 Å². The highest BCUT2D eigenvalue weighted by Crippen LogP contribution is 2.40. The molecule has 2 nitrogen and oxygen atoms in total. The third kappa shape index (κ3) is 3.57. The lowest BCUT2D eigenvalue weighted by Gasteiger charge is -2.16. The van der Waals surface area contributed by atoms with E-state index in [-0.39, 0.29) is 5.92 Å². The highest BCUT2D eigenvalue weighted by atomic mass is 35.5. The molecule has 0 amide bonds. The summed E-state index contributed by atoms with van der Waals surface area (Å²) < 4.78 is 5.89. The summed E-state index contributed by atoms with van der Waals surface area (Å²) in [7, 11) is 0. The Hall–Kier alpha value is -1.09. The van der Waals surface area contributed by atoms with Gasteiger partial charge in [0.15, 0.2) is 5.75 Å². The Labute approximate surface area is 139 Å². The van der Waals surface area contributed by atoms with E-state index in [0.717, 1.165) is 16.1 Å². The zero-order valence-electron chi connectivity index (χ0n) is 12.0. The fraction of sp³-hybridized carbons (Fsp3) is 0.250. The molecule has 2 aromatic rings. The smallest absolute Gasteiger partial charge is 0.164 e.